The summed E-state index contributed by atoms with van der Waals surface area (Å²) in [5.41, 5.74) is 0.376. The molecule has 4 nitrogen and oxygen atoms in total. The highest BCUT2D eigenvalue weighted by Crippen LogP contribution is 2.61. The molecular weight excluding hydrogens is 220 g/mol. The van der Waals surface area contributed by atoms with Crippen molar-refractivity contribution in [2.45, 2.75) is 25.9 Å². The largest absolute Gasteiger partial charge is 0.458 e. The molecule has 0 aromatic rings. The number of hydrogen-bond acceptors (Lipinski definition) is 4. The minimum Gasteiger partial charge on any atom is -0.458 e. The van der Waals surface area contributed by atoms with Gasteiger partial charge in [0, 0.05) is 11.5 Å². The molecule has 1 aliphatic heterocycles. The van der Waals surface area contributed by atoms with E-state index in [1.165, 1.54) is 6.42 Å². The number of hydrogen-bond donors (Lipinski definition) is 0. The summed E-state index contributed by atoms with van der Waals surface area (Å²) in [7, 11) is 0. The maximum atomic E-state index is 11.6. The summed E-state index contributed by atoms with van der Waals surface area (Å²) >= 11 is 0. The van der Waals surface area contributed by atoms with Crippen molar-refractivity contribution in [1.82, 2.24) is 0 Å². The van der Waals surface area contributed by atoms with E-state index in [4.69, 9.17) is 9.47 Å². The molecule has 17 heavy (non-hydrogen) atoms. The molecule has 0 radical (unpaired) electrons. The Labute approximate surface area is 100.0 Å². The second-order valence-corrected chi connectivity index (χ2v) is 5.43. The SMILES string of the molecule is C=C(C)C(=O)OCC1OC(=O)C2CC3CC3C12. The van der Waals surface area contributed by atoms with E-state index in [1.807, 2.05) is 0 Å². The Morgan fingerprint density at radius 3 is 3.00 bits per heavy atom. The summed E-state index contributed by atoms with van der Waals surface area (Å²) < 4.78 is 10.4. The van der Waals surface area contributed by atoms with Gasteiger partial charge in [0.2, 0.25) is 0 Å². The summed E-state index contributed by atoms with van der Waals surface area (Å²) in [6, 6.07) is 0. The molecule has 2 aliphatic carbocycles. The monoisotopic (exact) mass is 236 g/mol. The lowest BCUT2D eigenvalue weighted by atomic mass is 9.90. The van der Waals surface area contributed by atoms with Gasteiger partial charge in [-0.3, -0.25) is 4.79 Å². The standard InChI is InChI=1S/C13H16O4/c1-6(2)12(14)16-5-10-11-8-3-7(8)4-9(11)13(15)17-10/h7-11H,1,3-5H2,2H3. The van der Waals surface area contributed by atoms with Crippen molar-refractivity contribution in [3.05, 3.63) is 12.2 Å². The Morgan fingerprint density at radius 2 is 2.29 bits per heavy atom. The number of esters is 2. The van der Waals surface area contributed by atoms with Crippen LogP contribution in [0, 0.1) is 23.7 Å². The number of carbonyl (C=O) groups excluding carboxylic acids is 2. The molecule has 0 spiro atoms. The molecule has 2 saturated carbocycles. The second-order valence-electron chi connectivity index (χ2n) is 5.43. The van der Waals surface area contributed by atoms with E-state index >= 15 is 0 Å². The third kappa shape index (κ3) is 1.66. The van der Waals surface area contributed by atoms with Crippen molar-refractivity contribution in [2.24, 2.45) is 23.7 Å². The molecular formula is C13H16O4. The molecule has 0 amide bonds. The molecule has 1 heterocycles. The van der Waals surface area contributed by atoms with Crippen molar-refractivity contribution < 1.29 is 19.1 Å². The molecule has 5 unspecified atom stereocenters. The minimum atomic E-state index is -0.408. The van der Waals surface area contributed by atoms with Crippen LogP contribution in [0.25, 0.3) is 0 Å². The van der Waals surface area contributed by atoms with E-state index in [1.54, 1.807) is 6.92 Å². The molecule has 3 rings (SSSR count). The Balaban J connectivity index is 1.62. The summed E-state index contributed by atoms with van der Waals surface area (Å²) in [5, 5.41) is 0. The van der Waals surface area contributed by atoms with E-state index < -0.39 is 5.97 Å². The van der Waals surface area contributed by atoms with E-state index in [9.17, 15) is 9.59 Å². The van der Waals surface area contributed by atoms with Crippen molar-refractivity contribution in [3.63, 3.8) is 0 Å². The molecule has 1 saturated heterocycles. The van der Waals surface area contributed by atoms with Gasteiger partial charge >= 0.3 is 11.9 Å². The second kappa shape index (κ2) is 3.59. The molecule has 0 bridgehead atoms. The van der Waals surface area contributed by atoms with Gasteiger partial charge in [-0.15, -0.1) is 0 Å². The Hall–Kier alpha value is -1.32. The maximum absolute atomic E-state index is 11.6. The predicted molar refractivity (Wildman–Crippen MR) is 58.8 cm³/mol. The Bertz CT molecular complexity index is 400. The van der Waals surface area contributed by atoms with Crippen LogP contribution in [0.2, 0.25) is 0 Å². The topological polar surface area (TPSA) is 52.6 Å². The van der Waals surface area contributed by atoms with Crippen LogP contribution < -0.4 is 0 Å². The fraction of sp³-hybridized carbons (Fsp3) is 0.692. The van der Waals surface area contributed by atoms with Gasteiger partial charge in [-0.1, -0.05) is 6.58 Å². The third-order valence-electron chi connectivity index (χ3n) is 4.22. The molecule has 3 fully saturated rings. The van der Waals surface area contributed by atoms with Gasteiger partial charge in [0.1, 0.15) is 12.7 Å². The summed E-state index contributed by atoms with van der Waals surface area (Å²) in [5.74, 6) is 1.18. The number of ether oxygens (including phenoxy) is 2. The Morgan fingerprint density at radius 1 is 1.53 bits per heavy atom. The zero-order chi connectivity index (χ0) is 12.2. The lowest BCUT2D eigenvalue weighted by molar-refractivity contribution is -0.152. The number of rotatable bonds is 3. The zero-order valence-corrected chi connectivity index (χ0v) is 9.85. The maximum Gasteiger partial charge on any atom is 0.333 e. The summed E-state index contributed by atoms with van der Waals surface area (Å²) in [6.07, 6.45) is 1.95. The number of carbonyl (C=O) groups is 2. The summed E-state index contributed by atoms with van der Waals surface area (Å²) in [6.45, 7) is 5.31. The molecule has 4 heteroatoms. The fourth-order valence-electron chi connectivity index (χ4n) is 3.32. The van der Waals surface area contributed by atoms with Crippen LogP contribution in [0.4, 0.5) is 0 Å². The van der Waals surface area contributed by atoms with E-state index in [0.717, 1.165) is 12.3 Å². The zero-order valence-electron chi connectivity index (χ0n) is 9.85. The number of fused-ring (bicyclic) bond motifs is 3. The molecule has 0 aromatic carbocycles. The predicted octanol–water partition coefficient (Wildman–Crippen LogP) is 1.30. The molecule has 3 aliphatic rings. The van der Waals surface area contributed by atoms with E-state index in [-0.39, 0.29) is 30.5 Å². The molecule has 5 atom stereocenters. The van der Waals surface area contributed by atoms with Crippen LogP contribution in [-0.2, 0) is 19.1 Å². The quantitative estimate of drug-likeness (QED) is 0.547. The van der Waals surface area contributed by atoms with Crippen molar-refractivity contribution in [1.29, 1.82) is 0 Å². The van der Waals surface area contributed by atoms with Crippen molar-refractivity contribution in [3.8, 4) is 0 Å². The van der Waals surface area contributed by atoms with Crippen LogP contribution in [0.15, 0.2) is 12.2 Å². The van der Waals surface area contributed by atoms with Crippen LogP contribution in [0.3, 0.4) is 0 Å². The van der Waals surface area contributed by atoms with E-state index in [2.05, 4.69) is 6.58 Å². The van der Waals surface area contributed by atoms with Crippen LogP contribution in [-0.4, -0.2) is 24.6 Å². The van der Waals surface area contributed by atoms with Gasteiger partial charge in [0.25, 0.3) is 0 Å². The average Bonchev–Trinajstić information content (AvgIpc) is 2.83. The van der Waals surface area contributed by atoms with Crippen LogP contribution in [0.1, 0.15) is 19.8 Å². The fourth-order valence-corrected chi connectivity index (χ4v) is 3.32. The number of cyclic esters (lactones) is 1. The van der Waals surface area contributed by atoms with E-state index in [0.29, 0.717) is 11.5 Å². The van der Waals surface area contributed by atoms with Gasteiger partial charge in [-0.05, 0) is 31.6 Å². The van der Waals surface area contributed by atoms with Crippen molar-refractivity contribution in [2.75, 3.05) is 6.61 Å². The Kier molecular flexibility index (Phi) is 2.28. The molecule has 92 valence electrons. The van der Waals surface area contributed by atoms with Crippen LogP contribution >= 0.6 is 0 Å². The van der Waals surface area contributed by atoms with Gasteiger partial charge in [0.15, 0.2) is 0 Å². The van der Waals surface area contributed by atoms with Gasteiger partial charge < -0.3 is 9.47 Å². The first-order chi connectivity index (χ1) is 8.08. The minimum absolute atomic E-state index is 0.0623. The first-order valence-electron chi connectivity index (χ1n) is 6.11. The highest BCUT2D eigenvalue weighted by molar-refractivity contribution is 5.87. The highest BCUT2D eigenvalue weighted by Gasteiger charge is 2.62. The van der Waals surface area contributed by atoms with Gasteiger partial charge in [-0.2, -0.15) is 0 Å². The first kappa shape index (κ1) is 10.8. The smallest absolute Gasteiger partial charge is 0.333 e. The lowest BCUT2D eigenvalue weighted by Crippen LogP contribution is -2.26. The van der Waals surface area contributed by atoms with Crippen molar-refractivity contribution >= 4 is 11.9 Å². The third-order valence-corrected chi connectivity index (χ3v) is 4.22. The van der Waals surface area contributed by atoms with Gasteiger partial charge in [0.05, 0.1) is 5.92 Å². The highest BCUT2D eigenvalue weighted by atomic mass is 16.6. The first-order valence-corrected chi connectivity index (χ1v) is 6.11. The molecule has 0 N–H and O–H groups in total. The normalized spacial score (nSPS) is 41.5. The molecule has 0 aromatic heterocycles. The average molecular weight is 236 g/mol. The lowest BCUT2D eigenvalue weighted by Gasteiger charge is -2.17. The van der Waals surface area contributed by atoms with Crippen LogP contribution in [0.5, 0.6) is 0 Å². The summed E-state index contributed by atoms with van der Waals surface area (Å²) in [4.78, 5) is 22.9. The van der Waals surface area contributed by atoms with Gasteiger partial charge in [-0.25, -0.2) is 4.79 Å².